The molecule has 2 aromatic rings. The van der Waals surface area contributed by atoms with Crippen LogP contribution in [0.15, 0.2) is 36.4 Å². The summed E-state index contributed by atoms with van der Waals surface area (Å²) in [5.41, 5.74) is 0. The molecule has 0 atom stereocenters. The predicted octanol–water partition coefficient (Wildman–Crippen LogP) is 5.23. The summed E-state index contributed by atoms with van der Waals surface area (Å²) in [5.74, 6) is 1.78. The Kier molecular flexibility index (Phi) is 3.83. The summed E-state index contributed by atoms with van der Waals surface area (Å²) >= 11 is 0. The molecule has 0 amide bonds. The normalized spacial score (nSPS) is 12.5. The van der Waals surface area contributed by atoms with Gasteiger partial charge in [0.05, 0.1) is 7.11 Å². The maximum Gasteiger partial charge on any atom is 0.250 e. The fourth-order valence-electron chi connectivity index (χ4n) is 1.88. The number of methoxy groups -OCH3 is 1. The summed E-state index contributed by atoms with van der Waals surface area (Å²) in [5, 5.41) is 2.48. The predicted molar refractivity (Wildman–Crippen MR) is 88.3 cm³/mol. The number of rotatable bonds is 3. The molecule has 2 rings (SSSR count). The summed E-state index contributed by atoms with van der Waals surface area (Å²) in [4.78, 5) is 0. The van der Waals surface area contributed by atoms with Gasteiger partial charge < -0.3 is 9.16 Å². The molecule has 0 bridgehead atoms. The van der Waals surface area contributed by atoms with E-state index in [4.69, 9.17) is 9.16 Å². The van der Waals surface area contributed by atoms with Crippen molar-refractivity contribution in [2.24, 2.45) is 0 Å². The van der Waals surface area contributed by atoms with Crippen LogP contribution in [-0.2, 0) is 0 Å². The third kappa shape index (κ3) is 2.83. The van der Waals surface area contributed by atoms with Crippen LogP contribution in [0.25, 0.3) is 10.8 Å². The number of fused-ring (bicyclic) bond motifs is 1. The first-order valence-electron chi connectivity index (χ1n) is 7.00. The molecule has 0 radical (unpaired) electrons. The molecule has 2 nitrogen and oxygen atoms in total. The van der Waals surface area contributed by atoms with Crippen LogP contribution in [-0.4, -0.2) is 15.4 Å². The molecular formula is C17H24O2Si. The standard InChI is InChI=1S/C17H24O2Si/c1-17(2,3)20(5,6)19-16-12-14(18-4)11-13-9-7-8-10-15(13)16/h7-12H,1-6H3. The Labute approximate surface area is 122 Å². The number of ether oxygens (including phenoxy) is 1. The second kappa shape index (κ2) is 5.13. The van der Waals surface area contributed by atoms with E-state index in [-0.39, 0.29) is 5.04 Å². The average molecular weight is 288 g/mol. The van der Waals surface area contributed by atoms with Gasteiger partial charge in [-0.15, -0.1) is 0 Å². The van der Waals surface area contributed by atoms with E-state index in [0.717, 1.165) is 22.3 Å². The monoisotopic (exact) mass is 288 g/mol. The van der Waals surface area contributed by atoms with Crippen molar-refractivity contribution in [3.63, 3.8) is 0 Å². The SMILES string of the molecule is COc1cc(O[Si](C)(C)C(C)(C)C)c2ccccc2c1. The second-order valence-electron chi connectivity index (χ2n) is 6.71. The van der Waals surface area contributed by atoms with Gasteiger partial charge in [0.2, 0.25) is 0 Å². The summed E-state index contributed by atoms with van der Waals surface area (Å²) < 4.78 is 11.9. The first-order valence-corrected chi connectivity index (χ1v) is 9.91. The maximum absolute atomic E-state index is 6.48. The van der Waals surface area contributed by atoms with Gasteiger partial charge in [0.25, 0.3) is 8.32 Å². The van der Waals surface area contributed by atoms with Crippen LogP contribution in [0.5, 0.6) is 11.5 Å². The van der Waals surface area contributed by atoms with E-state index >= 15 is 0 Å². The van der Waals surface area contributed by atoms with Gasteiger partial charge in [0.1, 0.15) is 11.5 Å². The number of hydrogen-bond acceptors (Lipinski definition) is 2. The zero-order chi connectivity index (χ0) is 15.0. The van der Waals surface area contributed by atoms with Gasteiger partial charge in [0.15, 0.2) is 0 Å². The van der Waals surface area contributed by atoms with Crippen LogP contribution in [0.2, 0.25) is 18.1 Å². The van der Waals surface area contributed by atoms with Crippen LogP contribution in [0.1, 0.15) is 20.8 Å². The Balaban J connectivity index is 2.53. The van der Waals surface area contributed by atoms with Gasteiger partial charge in [-0.25, -0.2) is 0 Å². The van der Waals surface area contributed by atoms with E-state index in [1.54, 1.807) is 7.11 Å². The molecule has 3 heteroatoms. The van der Waals surface area contributed by atoms with Gasteiger partial charge in [-0.2, -0.15) is 0 Å². The molecule has 20 heavy (non-hydrogen) atoms. The Hall–Kier alpha value is -1.48. The maximum atomic E-state index is 6.48. The first kappa shape index (κ1) is 14.9. The third-order valence-electron chi connectivity index (χ3n) is 4.20. The molecule has 0 saturated heterocycles. The summed E-state index contributed by atoms with van der Waals surface area (Å²) in [6.45, 7) is 11.3. The Morgan fingerprint density at radius 2 is 1.65 bits per heavy atom. The van der Waals surface area contributed by atoms with Crippen LogP contribution in [0, 0.1) is 0 Å². The lowest BCUT2D eigenvalue weighted by Gasteiger charge is -2.36. The van der Waals surface area contributed by atoms with Crippen molar-refractivity contribution in [3.05, 3.63) is 36.4 Å². The van der Waals surface area contributed by atoms with Gasteiger partial charge >= 0.3 is 0 Å². The van der Waals surface area contributed by atoms with Gasteiger partial charge in [-0.05, 0) is 29.6 Å². The molecule has 108 valence electrons. The van der Waals surface area contributed by atoms with Crippen molar-refractivity contribution in [3.8, 4) is 11.5 Å². The molecular weight excluding hydrogens is 264 g/mol. The summed E-state index contributed by atoms with van der Waals surface area (Å²) in [6.07, 6.45) is 0. The topological polar surface area (TPSA) is 18.5 Å². The van der Waals surface area contributed by atoms with Crippen LogP contribution in [0.3, 0.4) is 0 Å². The van der Waals surface area contributed by atoms with E-state index in [9.17, 15) is 0 Å². The third-order valence-corrected chi connectivity index (χ3v) is 8.55. The van der Waals surface area contributed by atoms with Crippen molar-refractivity contribution >= 4 is 19.1 Å². The van der Waals surface area contributed by atoms with Crippen LogP contribution < -0.4 is 9.16 Å². The lowest BCUT2D eigenvalue weighted by molar-refractivity contribution is 0.412. The quantitative estimate of drug-likeness (QED) is 0.720. The Morgan fingerprint density at radius 1 is 1.00 bits per heavy atom. The second-order valence-corrected chi connectivity index (χ2v) is 11.4. The Morgan fingerprint density at radius 3 is 2.25 bits per heavy atom. The fraction of sp³-hybridized carbons (Fsp3) is 0.412. The number of benzene rings is 2. The van der Waals surface area contributed by atoms with Gasteiger partial charge in [-0.3, -0.25) is 0 Å². The molecule has 0 N–H and O–H groups in total. The van der Waals surface area contributed by atoms with Gasteiger partial charge in [0, 0.05) is 11.5 Å². The van der Waals surface area contributed by atoms with E-state index in [2.05, 4.69) is 46.0 Å². The highest BCUT2D eigenvalue weighted by atomic mass is 28.4. The molecule has 0 fully saturated rings. The molecule has 0 saturated carbocycles. The minimum atomic E-state index is -1.85. The first-order chi connectivity index (χ1) is 9.24. The van der Waals surface area contributed by atoms with Crippen molar-refractivity contribution in [1.29, 1.82) is 0 Å². The highest BCUT2D eigenvalue weighted by molar-refractivity contribution is 6.74. The van der Waals surface area contributed by atoms with Crippen molar-refractivity contribution in [2.45, 2.75) is 38.9 Å². The molecule has 2 aromatic carbocycles. The van der Waals surface area contributed by atoms with Crippen LogP contribution >= 0.6 is 0 Å². The minimum Gasteiger partial charge on any atom is -0.543 e. The van der Waals surface area contributed by atoms with Crippen molar-refractivity contribution in [2.75, 3.05) is 7.11 Å². The van der Waals surface area contributed by atoms with Crippen molar-refractivity contribution in [1.82, 2.24) is 0 Å². The molecule has 0 aliphatic heterocycles. The zero-order valence-corrected chi connectivity index (χ0v) is 14.3. The van der Waals surface area contributed by atoms with E-state index < -0.39 is 8.32 Å². The Bertz CT molecular complexity index is 612. The molecule has 0 aliphatic carbocycles. The van der Waals surface area contributed by atoms with Gasteiger partial charge in [-0.1, -0.05) is 45.0 Å². The molecule has 0 aromatic heterocycles. The molecule has 0 spiro atoms. The largest absolute Gasteiger partial charge is 0.543 e. The summed E-state index contributed by atoms with van der Waals surface area (Å²) in [7, 11) is -0.160. The highest BCUT2D eigenvalue weighted by Gasteiger charge is 2.39. The summed E-state index contributed by atoms with van der Waals surface area (Å²) in [6, 6.07) is 12.3. The average Bonchev–Trinajstić information content (AvgIpc) is 2.36. The van der Waals surface area contributed by atoms with E-state index in [1.807, 2.05) is 24.3 Å². The minimum absolute atomic E-state index is 0.178. The fourth-order valence-corrected chi connectivity index (χ4v) is 2.90. The zero-order valence-electron chi connectivity index (χ0n) is 13.3. The highest BCUT2D eigenvalue weighted by Crippen LogP contribution is 2.40. The van der Waals surface area contributed by atoms with Crippen LogP contribution in [0.4, 0.5) is 0 Å². The smallest absolute Gasteiger partial charge is 0.250 e. The number of hydrogen-bond donors (Lipinski definition) is 0. The van der Waals surface area contributed by atoms with Crippen molar-refractivity contribution < 1.29 is 9.16 Å². The van der Waals surface area contributed by atoms with E-state index in [1.165, 1.54) is 0 Å². The lowest BCUT2D eigenvalue weighted by atomic mass is 10.1. The van der Waals surface area contributed by atoms with E-state index in [0.29, 0.717) is 0 Å². The molecule has 0 unspecified atom stereocenters. The molecule has 0 aliphatic rings. The molecule has 0 heterocycles. The lowest BCUT2D eigenvalue weighted by Crippen LogP contribution is -2.43.